The van der Waals surface area contributed by atoms with Crippen LogP contribution in [0.3, 0.4) is 0 Å². The van der Waals surface area contributed by atoms with Crippen LogP contribution in [0.25, 0.3) is 6.08 Å². The summed E-state index contributed by atoms with van der Waals surface area (Å²) in [4.78, 5) is 12.8. The van der Waals surface area contributed by atoms with Crippen LogP contribution in [0.5, 0.6) is 11.5 Å². The van der Waals surface area contributed by atoms with Crippen LogP contribution in [0, 0.1) is 0 Å². The largest absolute Gasteiger partial charge is 0.454 e. The Bertz CT molecular complexity index is 955. The number of ether oxygens (including phenoxy) is 2. The maximum absolute atomic E-state index is 12.8. The molecule has 1 amide bonds. The summed E-state index contributed by atoms with van der Waals surface area (Å²) in [6.07, 6.45) is 1.79. The topological polar surface area (TPSA) is 51.1 Å². The Hall–Kier alpha value is -2.31. The molecule has 0 saturated carbocycles. The van der Waals surface area contributed by atoms with Gasteiger partial charge in [-0.15, -0.1) is 0 Å². The molecule has 0 fully saturated rings. The van der Waals surface area contributed by atoms with Crippen molar-refractivity contribution < 1.29 is 14.3 Å². The third-order valence-electron chi connectivity index (χ3n) is 3.91. The van der Waals surface area contributed by atoms with Gasteiger partial charge in [0, 0.05) is 9.50 Å². The maximum atomic E-state index is 12.8. The second-order valence-electron chi connectivity index (χ2n) is 5.57. The summed E-state index contributed by atoms with van der Waals surface area (Å²) in [5.74, 6) is 1.13. The van der Waals surface area contributed by atoms with Crippen molar-refractivity contribution in [3.63, 3.8) is 0 Å². The zero-order valence-corrected chi connectivity index (χ0v) is 15.5. The minimum absolute atomic E-state index is 0.198. The smallest absolute Gasteiger partial charge is 0.280 e. The number of benzene rings is 2. The van der Waals surface area contributed by atoms with Crippen molar-refractivity contribution in [1.82, 2.24) is 0 Å². The summed E-state index contributed by atoms with van der Waals surface area (Å²) in [7, 11) is 0. The van der Waals surface area contributed by atoms with Crippen LogP contribution in [0.15, 0.2) is 51.5 Å². The highest BCUT2D eigenvalue weighted by Crippen LogP contribution is 2.38. The number of anilines is 1. The van der Waals surface area contributed by atoms with Crippen molar-refractivity contribution in [3.8, 4) is 11.5 Å². The lowest BCUT2D eigenvalue weighted by Gasteiger charge is -2.11. The van der Waals surface area contributed by atoms with Gasteiger partial charge in [0.25, 0.3) is 5.91 Å². The first kappa shape index (κ1) is 16.2. The minimum Gasteiger partial charge on any atom is -0.454 e. The first-order valence-corrected chi connectivity index (χ1v) is 8.66. The summed E-state index contributed by atoms with van der Waals surface area (Å²) in [6.45, 7) is 2.00. The molecule has 2 aliphatic rings. The van der Waals surface area contributed by atoms with Gasteiger partial charge in [-0.1, -0.05) is 33.6 Å². The molecule has 2 aromatic rings. The quantitative estimate of drug-likeness (QED) is 0.667. The summed E-state index contributed by atoms with van der Waals surface area (Å²) >= 11 is 9.52. The number of rotatable bonds is 2. The average Bonchev–Trinajstić information content (AvgIpc) is 3.14. The number of halogens is 2. The fraction of sp³-hybridized carbons (Fsp3) is 0.111. The van der Waals surface area contributed by atoms with Gasteiger partial charge in [-0.05, 0) is 48.9 Å². The molecule has 0 atom stereocenters. The van der Waals surface area contributed by atoms with E-state index in [1.54, 1.807) is 37.3 Å². The van der Waals surface area contributed by atoms with Crippen molar-refractivity contribution >= 4 is 50.9 Å². The number of amides is 1. The zero-order chi connectivity index (χ0) is 17.6. The second kappa shape index (κ2) is 6.20. The molecule has 0 aromatic heterocycles. The molecule has 0 aliphatic carbocycles. The molecule has 0 saturated heterocycles. The molecule has 0 spiro atoms. The van der Waals surface area contributed by atoms with Crippen molar-refractivity contribution in [2.75, 3.05) is 11.8 Å². The van der Waals surface area contributed by atoms with Gasteiger partial charge in [0.15, 0.2) is 11.5 Å². The van der Waals surface area contributed by atoms with E-state index in [2.05, 4.69) is 21.0 Å². The maximum Gasteiger partial charge on any atom is 0.280 e. The Morgan fingerprint density at radius 1 is 1.24 bits per heavy atom. The van der Waals surface area contributed by atoms with Crippen LogP contribution in [0.2, 0.25) is 5.02 Å². The molecule has 2 heterocycles. The molecule has 0 N–H and O–H groups in total. The Morgan fingerprint density at radius 3 is 2.76 bits per heavy atom. The van der Waals surface area contributed by atoms with Gasteiger partial charge in [-0.2, -0.15) is 10.1 Å². The zero-order valence-electron chi connectivity index (χ0n) is 13.1. The molecular formula is C18H12BrClN2O3. The van der Waals surface area contributed by atoms with Gasteiger partial charge in [0.05, 0.1) is 17.0 Å². The van der Waals surface area contributed by atoms with Crippen LogP contribution < -0.4 is 14.5 Å². The average molecular weight is 420 g/mol. The van der Waals surface area contributed by atoms with Crippen LogP contribution in [-0.4, -0.2) is 18.4 Å². The van der Waals surface area contributed by atoms with Crippen LogP contribution in [0.4, 0.5) is 5.69 Å². The Kier molecular flexibility index (Phi) is 4.01. The Morgan fingerprint density at radius 2 is 2.00 bits per heavy atom. The van der Waals surface area contributed by atoms with E-state index in [0.717, 1.165) is 10.0 Å². The number of fused-ring (bicyclic) bond motifs is 1. The fourth-order valence-corrected chi connectivity index (χ4v) is 3.29. The first-order chi connectivity index (χ1) is 12.0. The van der Waals surface area contributed by atoms with Gasteiger partial charge in [0.1, 0.15) is 0 Å². The summed E-state index contributed by atoms with van der Waals surface area (Å²) in [5.41, 5.74) is 2.59. The van der Waals surface area contributed by atoms with Crippen LogP contribution in [-0.2, 0) is 4.79 Å². The number of hydrogen-bond acceptors (Lipinski definition) is 4. The summed E-state index contributed by atoms with van der Waals surface area (Å²) < 4.78 is 11.6. The minimum atomic E-state index is -0.204. The third kappa shape index (κ3) is 2.92. The van der Waals surface area contributed by atoms with Crippen LogP contribution in [0.1, 0.15) is 12.5 Å². The van der Waals surface area contributed by atoms with Gasteiger partial charge < -0.3 is 9.47 Å². The highest BCUT2D eigenvalue weighted by atomic mass is 79.9. The van der Waals surface area contributed by atoms with Crippen molar-refractivity contribution in [3.05, 3.63) is 57.0 Å². The molecule has 7 heteroatoms. The fourth-order valence-electron chi connectivity index (χ4n) is 2.67. The Labute approximate surface area is 157 Å². The molecule has 0 bridgehead atoms. The SMILES string of the molecule is CC1=NN(c2cccc(Cl)c2)C(=O)/C1=C\c1cc2c(cc1Br)OCO2. The number of carbonyl (C=O) groups excluding carboxylic acids is 1. The van der Waals surface area contributed by atoms with Gasteiger partial charge >= 0.3 is 0 Å². The summed E-state index contributed by atoms with van der Waals surface area (Å²) in [5, 5.41) is 6.27. The predicted molar refractivity (Wildman–Crippen MR) is 100 cm³/mol. The first-order valence-electron chi connectivity index (χ1n) is 7.49. The lowest BCUT2D eigenvalue weighted by molar-refractivity contribution is -0.114. The van der Waals surface area contributed by atoms with E-state index < -0.39 is 0 Å². The summed E-state index contributed by atoms with van der Waals surface area (Å²) in [6, 6.07) is 10.7. The highest BCUT2D eigenvalue weighted by Gasteiger charge is 2.29. The van der Waals surface area contributed by atoms with Gasteiger partial charge in [-0.25, -0.2) is 0 Å². The monoisotopic (exact) mass is 418 g/mol. The van der Waals surface area contributed by atoms with E-state index in [-0.39, 0.29) is 12.7 Å². The molecule has 5 nitrogen and oxygen atoms in total. The second-order valence-corrected chi connectivity index (χ2v) is 6.86. The van der Waals surface area contributed by atoms with Crippen molar-refractivity contribution in [2.45, 2.75) is 6.92 Å². The molecule has 2 aromatic carbocycles. The van der Waals surface area contributed by atoms with E-state index in [4.69, 9.17) is 21.1 Å². The third-order valence-corrected chi connectivity index (χ3v) is 4.83. The van der Waals surface area contributed by atoms with Crippen molar-refractivity contribution in [1.29, 1.82) is 0 Å². The molecule has 2 aliphatic heterocycles. The lowest BCUT2D eigenvalue weighted by atomic mass is 10.1. The number of hydrogen-bond donors (Lipinski definition) is 0. The molecular weight excluding hydrogens is 408 g/mol. The van der Waals surface area contributed by atoms with E-state index in [1.807, 2.05) is 12.1 Å². The van der Waals surface area contributed by atoms with E-state index in [1.165, 1.54) is 5.01 Å². The molecule has 126 valence electrons. The number of hydrazone groups is 1. The lowest BCUT2D eigenvalue weighted by Crippen LogP contribution is -2.21. The van der Waals surface area contributed by atoms with E-state index in [0.29, 0.717) is 33.5 Å². The molecule has 25 heavy (non-hydrogen) atoms. The van der Waals surface area contributed by atoms with Gasteiger partial charge in [0.2, 0.25) is 6.79 Å². The van der Waals surface area contributed by atoms with Gasteiger partial charge in [-0.3, -0.25) is 4.79 Å². The molecule has 0 unspecified atom stereocenters. The number of carbonyl (C=O) groups is 1. The predicted octanol–water partition coefficient (Wildman–Crippen LogP) is 4.64. The number of nitrogens with zero attached hydrogens (tertiary/aromatic N) is 2. The standard InChI is InChI=1S/C18H12BrClN2O3/c1-10-14(5-11-6-16-17(8-15(11)19)25-9-24-16)18(23)22(21-10)13-4-2-3-12(20)7-13/h2-8H,9H2,1H3/b14-5-. The Balaban J connectivity index is 1.71. The highest BCUT2D eigenvalue weighted by molar-refractivity contribution is 9.10. The normalized spacial score (nSPS) is 17.4. The van der Waals surface area contributed by atoms with Crippen LogP contribution >= 0.6 is 27.5 Å². The van der Waals surface area contributed by atoms with Crippen molar-refractivity contribution in [2.24, 2.45) is 5.10 Å². The molecule has 0 radical (unpaired) electrons. The van der Waals surface area contributed by atoms with E-state index in [9.17, 15) is 4.79 Å². The molecule has 4 rings (SSSR count). The van der Waals surface area contributed by atoms with E-state index >= 15 is 0 Å².